The van der Waals surface area contributed by atoms with Crippen molar-refractivity contribution >= 4 is 29.1 Å². The number of hydrogen-bond acceptors (Lipinski definition) is 4. The molecule has 0 aliphatic carbocycles. The predicted molar refractivity (Wildman–Crippen MR) is 100 cm³/mol. The second-order valence-corrected chi connectivity index (χ2v) is 7.36. The van der Waals surface area contributed by atoms with E-state index in [1.165, 1.54) is 0 Å². The number of ether oxygens (including phenoxy) is 3. The van der Waals surface area contributed by atoms with E-state index in [1.807, 2.05) is 32.0 Å². The Hall–Kier alpha value is -2.11. The lowest BCUT2D eigenvalue weighted by Crippen LogP contribution is -2.46. The number of benzene rings is 2. The highest BCUT2D eigenvalue weighted by atomic mass is 35.5. The van der Waals surface area contributed by atoms with Crippen molar-refractivity contribution in [3.63, 3.8) is 0 Å². The average Bonchev–Trinajstić information content (AvgIpc) is 3.04. The Labute approximate surface area is 162 Å². The molecule has 138 valence electrons. The highest BCUT2D eigenvalue weighted by molar-refractivity contribution is 6.35. The molecule has 7 heteroatoms. The lowest BCUT2D eigenvalue weighted by atomic mass is 9.93. The molecule has 0 spiro atoms. The van der Waals surface area contributed by atoms with Crippen LogP contribution in [0.3, 0.4) is 0 Å². The van der Waals surface area contributed by atoms with Gasteiger partial charge in [0.25, 0.3) is 5.91 Å². The Balaban J connectivity index is 1.69. The number of nitrogens with one attached hydrogen (secondary N) is 1. The fraction of sp³-hybridized carbons (Fsp3) is 0.316. The summed E-state index contributed by atoms with van der Waals surface area (Å²) in [5, 5.41) is 3.84. The van der Waals surface area contributed by atoms with Crippen LogP contribution in [0.5, 0.6) is 17.2 Å². The second kappa shape index (κ2) is 7.25. The molecule has 0 saturated heterocycles. The van der Waals surface area contributed by atoms with Crippen molar-refractivity contribution in [2.24, 2.45) is 0 Å². The summed E-state index contributed by atoms with van der Waals surface area (Å²) in [6, 6.07) is 10.5. The summed E-state index contributed by atoms with van der Waals surface area (Å²) in [5.41, 5.74) is 0.270. The quantitative estimate of drug-likeness (QED) is 0.806. The maximum atomic E-state index is 12.6. The van der Waals surface area contributed by atoms with E-state index in [9.17, 15) is 4.79 Å². The van der Waals surface area contributed by atoms with Crippen molar-refractivity contribution in [3.8, 4) is 17.2 Å². The van der Waals surface area contributed by atoms with Crippen molar-refractivity contribution in [2.45, 2.75) is 32.4 Å². The normalized spacial score (nSPS) is 14.0. The highest BCUT2D eigenvalue weighted by Crippen LogP contribution is 2.35. The fourth-order valence-electron chi connectivity index (χ4n) is 2.58. The zero-order chi connectivity index (χ0) is 18.9. The van der Waals surface area contributed by atoms with E-state index in [-0.39, 0.29) is 12.7 Å². The van der Waals surface area contributed by atoms with Crippen LogP contribution in [-0.2, 0) is 10.3 Å². The first kappa shape index (κ1) is 18.7. The Kier molecular flexibility index (Phi) is 5.21. The van der Waals surface area contributed by atoms with Crippen LogP contribution in [0.4, 0.5) is 0 Å². The fourth-order valence-corrected chi connectivity index (χ4v) is 3.03. The number of hydrogen-bond donors (Lipinski definition) is 1. The molecule has 0 aromatic heterocycles. The SMILES string of the molecule is CC(Oc1ccc(Cl)cc1Cl)C(=O)NC(C)(C)c1ccc2c(c1)OCO2. The van der Waals surface area contributed by atoms with Gasteiger partial charge in [0.05, 0.1) is 10.6 Å². The summed E-state index contributed by atoms with van der Waals surface area (Å²) in [5.74, 6) is 1.50. The Morgan fingerprint density at radius 1 is 1.15 bits per heavy atom. The Bertz CT molecular complexity index is 838. The van der Waals surface area contributed by atoms with Crippen LogP contribution in [0, 0.1) is 0 Å². The number of halogens is 2. The van der Waals surface area contributed by atoms with E-state index < -0.39 is 11.6 Å². The van der Waals surface area contributed by atoms with E-state index >= 15 is 0 Å². The van der Waals surface area contributed by atoms with E-state index in [2.05, 4.69) is 5.32 Å². The molecule has 0 bridgehead atoms. The Morgan fingerprint density at radius 2 is 1.88 bits per heavy atom. The minimum Gasteiger partial charge on any atom is -0.479 e. The van der Waals surface area contributed by atoms with Gasteiger partial charge in [-0.1, -0.05) is 29.3 Å². The topological polar surface area (TPSA) is 56.8 Å². The molecule has 0 fully saturated rings. The number of rotatable bonds is 5. The van der Waals surface area contributed by atoms with Gasteiger partial charge in [-0.15, -0.1) is 0 Å². The molecular formula is C19H19Cl2NO4. The van der Waals surface area contributed by atoms with Gasteiger partial charge in [0, 0.05) is 5.02 Å². The molecule has 1 heterocycles. The van der Waals surface area contributed by atoms with Crippen LogP contribution in [0.15, 0.2) is 36.4 Å². The molecule has 3 rings (SSSR count). The molecule has 1 aliphatic heterocycles. The zero-order valence-corrected chi connectivity index (χ0v) is 16.1. The van der Waals surface area contributed by atoms with Crippen LogP contribution in [0.25, 0.3) is 0 Å². The third kappa shape index (κ3) is 4.00. The van der Waals surface area contributed by atoms with E-state index in [1.54, 1.807) is 25.1 Å². The molecule has 1 unspecified atom stereocenters. The van der Waals surface area contributed by atoms with Crippen molar-refractivity contribution in [1.82, 2.24) is 5.32 Å². The van der Waals surface area contributed by atoms with Gasteiger partial charge in [-0.2, -0.15) is 0 Å². The summed E-state index contributed by atoms with van der Waals surface area (Å²) >= 11 is 12.0. The van der Waals surface area contributed by atoms with Gasteiger partial charge < -0.3 is 19.5 Å². The van der Waals surface area contributed by atoms with Gasteiger partial charge in [-0.05, 0) is 56.7 Å². The first-order valence-electron chi connectivity index (χ1n) is 8.10. The van der Waals surface area contributed by atoms with Gasteiger partial charge in [0.2, 0.25) is 6.79 Å². The number of carbonyl (C=O) groups is 1. The minimum absolute atomic E-state index is 0.207. The first-order valence-corrected chi connectivity index (χ1v) is 8.86. The minimum atomic E-state index is -0.734. The monoisotopic (exact) mass is 395 g/mol. The summed E-state index contributed by atoms with van der Waals surface area (Å²) in [6.07, 6.45) is -0.734. The smallest absolute Gasteiger partial charge is 0.261 e. The van der Waals surface area contributed by atoms with E-state index in [0.717, 1.165) is 5.56 Å². The second-order valence-electron chi connectivity index (χ2n) is 6.52. The van der Waals surface area contributed by atoms with Crippen LogP contribution in [0.1, 0.15) is 26.3 Å². The van der Waals surface area contributed by atoms with Crippen LogP contribution in [0.2, 0.25) is 10.0 Å². The summed E-state index contributed by atoms with van der Waals surface area (Å²) < 4.78 is 16.4. The van der Waals surface area contributed by atoms with Gasteiger partial charge in [-0.3, -0.25) is 4.79 Å². The van der Waals surface area contributed by atoms with Gasteiger partial charge in [0.1, 0.15) is 5.75 Å². The first-order chi connectivity index (χ1) is 12.3. The summed E-state index contributed by atoms with van der Waals surface area (Å²) in [4.78, 5) is 12.6. The average molecular weight is 396 g/mol. The van der Waals surface area contributed by atoms with E-state index in [4.69, 9.17) is 37.4 Å². The molecule has 0 saturated carbocycles. The molecule has 1 atom stereocenters. The van der Waals surface area contributed by atoms with Crippen molar-refractivity contribution in [3.05, 3.63) is 52.0 Å². The van der Waals surface area contributed by atoms with E-state index in [0.29, 0.717) is 27.3 Å². The van der Waals surface area contributed by atoms with Crippen molar-refractivity contribution < 1.29 is 19.0 Å². The Morgan fingerprint density at radius 3 is 2.62 bits per heavy atom. The lowest BCUT2D eigenvalue weighted by Gasteiger charge is -2.29. The van der Waals surface area contributed by atoms with Crippen molar-refractivity contribution in [1.29, 1.82) is 0 Å². The summed E-state index contributed by atoms with van der Waals surface area (Å²) in [6.45, 7) is 5.68. The van der Waals surface area contributed by atoms with Crippen molar-refractivity contribution in [2.75, 3.05) is 6.79 Å². The maximum Gasteiger partial charge on any atom is 0.261 e. The molecule has 26 heavy (non-hydrogen) atoms. The largest absolute Gasteiger partial charge is 0.479 e. The lowest BCUT2D eigenvalue weighted by molar-refractivity contribution is -0.129. The molecule has 2 aromatic carbocycles. The van der Waals surface area contributed by atoms with Crippen LogP contribution in [-0.4, -0.2) is 18.8 Å². The molecule has 1 aliphatic rings. The molecule has 0 radical (unpaired) electrons. The van der Waals surface area contributed by atoms with Gasteiger partial charge >= 0.3 is 0 Å². The van der Waals surface area contributed by atoms with Gasteiger partial charge in [0.15, 0.2) is 17.6 Å². The third-order valence-electron chi connectivity index (χ3n) is 4.10. The highest BCUT2D eigenvalue weighted by Gasteiger charge is 2.28. The van der Waals surface area contributed by atoms with Crippen LogP contribution >= 0.6 is 23.2 Å². The molecule has 5 nitrogen and oxygen atoms in total. The third-order valence-corrected chi connectivity index (χ3v) is 4.63. The number of fused-ring (bicyclic) bond motifs is 1. The standard InChI is InChI=1S/C19H19Cl2NO4/c1-11(26-15-7-5-13(20)9-14(15)21)18(23)22-19(2,3)12-4-6-16-17(8-12)25-10-24-16/h4-9,11H,10H2,1-3H3,(H,22,23). The predicted octanol–water partition coefficient (Wildman–Crippen LogP) is 4.54. The van der Waals surface area contributed by atoms with Gasteiger partial charge in [-0.25, -0.2) is 0 Å². The molecule has 1 amide bonds. The molecular weight excluding hydrogens is 377 g/mol. The summed E-state index contributed by atoms with van der Waals surface area (Å²) in [7, 11) is 0. The molecule has 1 N–H and O–H groups in total. The zero-order valence-electron chi connectivity index (χ0n) is 14.6. The maximum absolute atomic E-state index is 12.6. The molecule has 2 aromatic rings. The number of amides is 1. The number of carbonyl (C=O) groups excluding carboxylic acids is 1. The van der Waals surface area contributed by atoms with Crippen LogP contribution < -0.4 is 19.5 Å².